The number of aryl methyl sites for hydroxylation is 2. The fraction of sp³-hybridized carbons (Fsp3) is 0.400. The van der Waals surface area contributed by atoms with Gasteiger partial charge in [-0.25, -0.2) is 9.67 Å². The summed E-state index contributed by atoms with van der Waals surface area (Å²) in [6, 6.07) is 5.91. The molecule has 1 N–H and O–H groups in total. The summed E-state index contributed by atoms with van der Waals surface area (Å²) in [5.74, 6) is 0.828. The summed E-state index contributed by atoms with van der Waals surface area (Å²) >= 11 is 0. The van der Waals surface area contributed by atoms with Crippen LogP contribution >= 0.6 is 0 Å². The Morgan fingerprint density at radius 2 is 2.35 bits per heavy atom. The first-order chi connectivity index (χ1) is 9.78. The number of anilines is 1. The van der Waals surface area contributed by atoms with E-state index in [2.05, 4.69) is 15.4 Å². The van der Waals surface area contributed by atoms with Crippen LogP contribution < -0.4 is 5.32 Å². The number of fused-ring (bicyclic) bond motifs is 1. The maximum atomic E-state index is 12.4. The zero-order valence-electron chi connectivity index (χ0n) is 11.6. The molecule has 5 nitrogen and oxygen atoms in total. The van der Waals surface area contributed by atoms with Gasteiger partial charge in [0.05, 0.1) is 6.42 Å². The molecule has 0 saturated heterocycles. The van der Waals surface area contributed by atoms with E-state index in [4.69, 9.17) is 0 Å². The molecule has 20 heavy (non-hydrogen) atoms. The van der Waals surface area contributed by atoms with Crippen molar-refractivity contribution in [2.24, 2.45) is 0 Å². The molecule has 5 heteroatoms. The van der Waals surface area contributed by atoms with Crippen LogP contribution in [0.1, 0.15) is 35.1 Å². The summed E-state index contributed by atoms with van der Waals surface area (Å²) in [5, 5.41) is 7.45. The smallest absolute Gasteiger partial charge is 0.170 e. The molecule has 2 heterocycles. The maximum Gasteiger partial charge on any atom is 0.170 e. The Hall–Kier alpha value is -2.17. The Bertz CT molecular complexity index is 633. The van der Waals surface area contributed by atoms with Gasteiger partial charge in [0, 0.05) is 24.3 Å². The average Bonchev–Trinajstić information content (AvgIpc) is 2.94. The lowest BCUT2D eigenvalue weighted by atomic mass is 9.98. The van der Waals surface area contributed by atoms with E-state index >= 15 is 0 Å². The van der Waals surface area contributed by atoms with Crippen LogP contribution in [0.25, 0.3) is 0 Å². The van der Waals surface area contributed by atoms with E-state index in [1.165, 1.54) is 11.9 Å². The van der Waals surface area contributed by atoms with Gasteiger partial charge in [-0.3, -0.25) is 4.79 Å². The second-order valence-corrected chi connectivity index (χ2v) is 4.99. The van der Waals surface area contributed by atoms with Gasteiger partial charge in [-0.1, -0.05) is 0 Å². The SMILES string of the molecule is CCn1ncnc1CC(=O)c1ccc2c(c1)CCCN2. The lowest BCUT2D eigenvalue weighted by Crippen LogP contribution is -2.14. The van der Waals surface area contributed by atoms with Crippen molar-refractivity contribution in [1.82, 2.24) is 14.8 Å². The van der Waals surface area contributed by atoms with E-state index in [0.29, 0.717) is 6.42 Å². The Labute approximate surface area is 118 Å². The van der Waals surface area contributed by atoms with Gasteiger partial charge in [0.25, 0.3) is 0 Å². The van der Waals surface area contributed by atoms with Crippen molar-refractivity contribution in [3.63, 3.8) is 0 Å². The molecule has 0 unspecified atom stereocenters. The number of carbonyl (C=O) groups excluding carboxylic acids is 1. The molecule has 0 fully saturated rings. The molecule has 1 aliphatic rings. The van der Waals surface area contributed by atoms with Gasteiger partial charge in [0.1, 0.15) is 12.2 Å². The van der Waals surface area contributed by atoms with E-state index in [0.717, 1.165) is 43.0 Å². The van der Waals surface area contributed by atoms with E-state index < -0.39 is 0 Å². The van der Waals surface area contributed by atoms with Crippen LogP contribution in [-0.2, 0) is 19.4 Å². The second kappa shape index (κ2) is 5.45. The van der Waals surface area contributed by atoms with Gasteiger partial charge in [0.15, 0.2) is 5.78 Å². The van der Waals surface area contributed by atoms with Gasteiger partial charge in [0.2, 0.25) is 0 Å². The summed E-state index contributed by atoms with van der Waals surface area (Å²) in [5.41, 5.74) is 3.15. The number of benzene rings is 1. The van der Waals surface area contributed by atoms with Crippen LogP contribution in [0.4, 0.5) is 5.69 Å². The number of nitrogens with one attached hydrogen (secondary N) is 1. The molecule has 0 aliphatic carbocycles. The Morgan fingerprint density at radius 3 is 3.20 bits per heavy atom. The van der Waals surface area contributed by atoms with Gasteiger partial charge < -0.3 is 5.32 Å². The fourth-order valence-corrected chi connectivity index (χ4v) is 2.58. The van der Waals surface area contributed by atoms with E-state index in [9.17, 15) is 4.79 Å². The molecule has 2 aromatic rings. The van der Waals surface area contributed by atoms with Crippen molar-refractivity contribution in [2.45, 2.75) is 32.7 Å². The minimum absolute atomic E-state index is 0.0982. The molecule has 1 aromatic heterocycles. The molecule has 0 amide bonds. The maximum absolute atomic E-state index is 12.4. The van der Waals surface area contributed by atoms with Gasteiger partial charge in [-0.2, -0.15) is 5.10 Å². The largest absolute Gasteiger partial charge is 0.385 e. The molecule has 0 radical (unpaired) electrons. The standard InChI is InChI=1S/C15H18N4O/c1-2-19-15(17-10-18-19)9-14(20)12-5-6-13-11(8-12)4-3-7-16-13/h5-6,8,10,16H,2-4,7,9H2,1H3. The highest BCUT2D eigenvalue weighted by molar-refractivity contribution is 5.97. The third-order valence-electron chi connectivity index (χ3n) is 3.68. The molecule has 3 rings (SSSR count). The van der Waals surface area contributed by atoms with Gasteiger partial charge >= 0.3 is 0 Å². The molecule has 0 atom stereocenters. The second-order valence-electron chi connectivity index (χ2n) is 4.99. The zero-order chi connectivity index (χ0) is 13.9. The minimum Gasteiger partial charge on any atom is -0.385 e. The number of hydrogen-bond acceptors (Lipinski definition) is 4. The van der Waals surface area contributed by atoms with Gasteiger partial charge in [-0.15, -0.1) is 0 Å². The highest BCUT2D eigenvalue weighted by atomic mass is 16.1. The molecule has 1 aromatic carbocycles. The predicted octanol–water partition coefficient (Wildman–Crippen LogP) is 2.08. The van der Waals surface area contributed by atoms with Crippen molar-refractivity contribution >= 4 is 11.5 Å². The summed E-state index contributed by atoms with van der Waals surface area (Å²) in [7, 11) is 0. The Kier molecular flexibility index (Phi) is 3.50. The van der Waals surface area contributed by atoms with E-state index in [-0.39, 0.29) is 5.78 Å². The molecule has 104 valence electrons. The molecule has 0 spiro atoms. The quantitative estimate of drug-likeness (QED) is 0.864. The summed E-state index contributed by atoms with van der Waals surface area (Å²) in [6.45, 7) is 3.74. The molecule has 0 bridgehead atoms. The third-order valence-corrected chi connectivity index (χ3v) is 3.68. The van der Waals surface area contributed by atoms with Crippen LogP contribution in [0.15, 0.2) is 24.5 Å². The Morgan fingerprint density at radius 1 is 1.45 bits per heavy atom. The highest BCUT2D eigenvalue weighted by Gasteiger charge is 2.15. The third kappa shape index (κ3) is 2.43. The molecular formula is C15H18N4O. The average molecular weight is 270 g/mol. The van der Waals surface area contributed by atoms with Crippen molar-refractivity contribution in [2.75, 3.05) is 11.9 Å². The fourth-order valence-electron chi connectivity index (χ4n) is 2.58. The molecular weight excluding hydrogens is 252 g/mol. The lowest BCUT2D eigenvalue weighted by molar-refractivity contribution is 0.0989. The minimum atomic E-state index is 0.0982. The first-order valence-corrected chi connectivity index (χ1v) is 7.04. The molecule has 0 saturated carbocycles. The van der Waals surface area contributed by atoms with Crippen LogP contribution in [0.2, 0.25) is 0 Å². The van der Waals surface area contributed by atoms with Gasteiger partial charge in [-0.05, 0) is 43.5 Å². The number of nitrogens with zero attached hydrogens (tertiary/aromatic N) is 3. The number of Topliss-reactive ketones (excluding diaryl/α,β-unsaturated/α-hetero) is 1. The lowest BCUT2D eigenvalue weighted by Gasteiger charge is -2.18. The number of aromatic nitrogens is 3. The summed E-state index contributed by atoms with van der Waals surface area (Å²) < 4.78 is 1.76. The van der Waals surface area contributed by atoms with Crippen LogP contribution in [0.3, 0.4) is 0 Å². The number of rotatable bonds is 4. The van der Waals surface area contributed by atoms with Crippen LogP contribution in [0.5, 0.6) is 0 Å². The van der Waals surface area contributed by atoms with Crippen LogP contribution in [0, 0.1) is 0 Å². The normalized spacial score (nSPS) is 13.7. The van der Waals surface area contributed by atoms with Crippen molar-refractivity contribution < 1.29 is 4.79 Å². The first-order valence-electron chi connectivity index (χ1n) is 7.04. The first kappa shape index (κ1) is 12.8. The molecule has 1 aliphatic heterocycles. The van der Waals surface area contributed by atoms with E-state index in [1.54, 1.807) is 4.68 Å². The zero-order valence-corrected chi connectivity index (χ0v) is 11.6. The topological polar surface area (TPSA) is 59.8 Å². The number of ketones is 1. The van der Waals surface area contributed by atoms with E-state index in [1.807, 2.05) is 25.1 Å². The van der Waals surface area contributed by atoms with Crippen molar-refractivity contribution in [1.29, 1.82) is 0 Å². The highest BCUT2D eigenvalue weighted by Crippen LogP contribution is 2.23. The Balaban J connectivity index is 1.80. The number of carbonyl (C=O) groups is 1. The van der Waals surface area contributed by atoms with Crippen molar-refractivity contribution in [3.05, 3.63) is 41.5 Å². The number of hydrogen-bond donors (Lipinski definition) is 1. The summed E-state index contributed by atoms with van der Waals surface area (Å²) in [4.78, 5) is 16.5. The monoisotopic (exact) mass is 270 g/mol. The summed E-state index contributed by atoms with van der Waals surface area (Å²) in [6.07, 6.45) is 3.96. The predicted molar refractivity (Wildman–Crippen MR) is 77.0 cm³/mol. The van der Waals surface area contributed by atoms with Crippen LogP contribution in [-0.4, -0.2) is 27.1 Å². The van der Waals surface area contributed by atoms with Crippen molar-refractivity contribution in [3.8, 4) is 0 Å².